The molecule has 0 radical (unpaired) electrons. The lowest BCUT2D eigenvalue weighted by molar-refractivity contribution is 0.624. The maximum atomic E-state index is 4.26. The van der Waals surface area contributed by atoms with Crippen LogP contribution in [0, 0.1) is 5.92 Å². The van der Waals surface area contributed by atoms with Crippen molar-refractivity contribution in [2.24, 2.45) is 5.92 Å². The largest absolute Gasteiger partial charge is 0.338 e. The summed E-state index contributed by atoms with van der Waals surface area (Å²) in [6.07, 6.45) is 4.86. The molecule has 0 spiro atoms. The van der Waals surface area contributed by atoms with Crippen molar-refractivity contribution in [2.75, 3.05) is 11.4 Å². The van der Waals surface area contributed by atoms with E-state index in [1.807, 2.05) is 6.07 Å². The highest BCUT2D eigenvalue weighted by atomic mass is 15.3. The van der Waals surface area contributed by atoms with Crippen LogP contribution in [0.4, 0.5) is 5.95 Å². The third-order valence-corrected chi connectivity index (χ3v) is 2.59. The molecule has 0 bridgehead atoms. The van der Waals surface area contributed by atoms with Gasteiger partial charge >= 0.3 is 0 Å². The molecular weight excluding hydrogens is 162 g/mol. The Morgan fingerprint density at radius 2 is 2.00 bits per heavy atom. The molecule has 3 nitrogen and oxygen atoms in total. The van der Waals surface area contributed by atoms with E-state index in [0.29, 0.717) is 6.04 Å². The van der Waals surface area contributed by atoms with Crippen LogP contribution in [0.1, 0.15) is 20.3 Å². The molecule has 1 saturated heterocycles. The van der Waals surface area contributed by atoms with Crippen molar-refractivity contribution in [3.05, 3.63) is 18.5 Å². The molecule has 70 valence electrons. The number of hydrogen-bond acceptors (Lipinski definition) is 3. The summed E-state index contributed by atoms with van der Waals surface area (Å²) in [5.41, 5.74) is 0. The fourth-order valence-electron chi connectivity index (χ4n) is 2.02. The average Bonchev–Trinajstić information content (AvgIpc) is 2.47. The maximum absolute atomic E-state index is 4.26. The van der Waals surface area contributed by atoms with E-state index in [9.17, 15) is 0 Å². The van der Waals surface area contributed by atoms with E-state index in [1.54, 1.807) is 12.4 Å². The predicted molar refractivity (Wildman–Crippen MR) is 52.6 cm³/mol. The van der Waals surface area contributed by atoms with E-state index in [-0.39, 0.29) is 0 Å². The monoisotopic (exact) mass is 177 g/mol. The van der Waals surface area contributed by atoms with Crippen LogP contribution in [0.2, 0.25) is 0 Å². The fraction of sp³-hybridized carbons (Fsp3) is 0.600. The molecule has 1 aromatic heterocycles. The van der Waals surface area contributed by atoms with Gasteiger partial charge in [0.2, 0.25) is 5.95 Å². The molecule has 1 fully saturated rings. The summed E-state index contributed by atoms with van der Waals surface area (Å²) < 4.78 is 0. The fourth-order valence-corrected chi connectivity index (χ4v) is 2.02. The number of nitrogens with zero attached hydrogens (tertiary/aromatic N) is 3. The molecule has 1 aliphatic rings. The Morgan fingerprint density at radius 3 is 2.54 bits per heavy atom. The van der Waals surface area contributed by atoms with Crippen molar-refractivity contribution >= 4 is 5.95 Å². The first-order chi connectivity index (χ1) is 6.27. The van der Waals surface area contributed by atoms with Crippen molar-refractivity contribution < 1.29 is 0 Å². The van der Waals surface area contributed by atoms with Crippen LogP contribution in [-0.2, 0) is 0 Å². The van der Waals surface area contributed by atoms with Gasteiger partial charge in [-0.1, -0.05) is 6.92 Å². The standard InChI is InChI=1S/C10H15N3/c1-8-6-9(2)13(7-8)10-11-4-3-5-12-10/h3-5,8-9H,6-7H2,1-2H3. The maximum Gasteiger partial charge on any atom is 0.225 e. The van der Waals surface area contributed by atoms with Crippen LogP contribution in [-0.4, -0.2) is 22.6 Å². The molecular formula is C10H15N3. The molecule has 0 aromatic carbocycles. The zero-order valence-corrected chi connectivity index (χ0v) is 8.14. The minimum atomic E-state index is 0.581. The predicted octanol–water partition coefficient (Wildman–Crippen LogP) is 1.71. The van der Waals surface area contributed by atoms with Crippen molar-refractivity contribution in [3.63, 3.8) is 0 Å². The second-order valence-corrected chi connectivity index (χ2v) is 3.89. The summed E-state index contributed by atoms with van der Waals surface area (Å²) in [4.78, 5) is 10.8. The van der Waals surface area contributed by atoms with Crippen molar-refractivity contribution in [3.8, 4) is 0 Å². The molecule has 1 aliphatic heterocycles. The average molecular weight is 177 g/mol. The molecule has 0 aliphatic carbocycles. The molecule has 2 rings (SSSR count). The highest BCUT2D eigenvalue weighted by molar-refractivity contribution is 5.32. The number of aromatic nitrogens is 2. The Hall–Kier alpha value is -1.12. The van der Waals surface area contributed by atoms with Gasteiger partial charge in [0.05, 0.1) is 0 Å². The van der Waals surface area contributed by atoms with Crippen molar-refractivity contribution in [2.45, 2.75) is 26.3 Å². The van der Waals surface area contributed by atoms with E-state index >= 15 is 0 Å². The van der Waals surface area contributed by atoms with Crippen LogP contribution in [0.25, 0.3) is 0 Å². The van der Waals surface area contributed by atoms with Crippen LogP contribution in [0.5, 0.6) is 0 Å². The van der Waals surface area contributed by atoms with Gasteiger partial charge in [-0.2, -0.15) is 0 Å². The van der Waals surface area contributed by atoms with E-state index < -0.39 is 0 Å². The first kappa shape index (κ1) is 8.48. The highest BCUT2D eigenvalue weighted by Crippen LogP contribution is 2.25. The molecule has 3 heteroatoms. The topological polar surface area (TPSA) is 29.0 Å². The van der Waals surface area contributed by atoms with Gasteiger partial charge in [-0.05, 0) is 25.3 Å². The first-order valence-electron chi connectivity index (χ1n) is 4.81. The van der Waals surface area contributed by atoms with E-state index in [0.717, 1.165) is 18.4 Å². The minimum absolute atomic E-state index is 0.581. The van der Waals surface area contributed by atoms with E-state index in [1.165, 1.54) is 6.42 Å². The highest BCUT2D eigenvalue weighted by Gasteiger charge is 2.27. The lowest BCUT2D eigenvalue weighted by atomic mass is 10.1. The summed E-state index contributed by atoms with van der Waals surface area (Å²) in [5, 5.41) is 0. The normalized spacial score (nSPS) is 28.0. The van der Waals surface area contributed by atoms with Gasteiger partial charge in [-0.25, -0.2) is 9.97 Å². The Labute approximate surface area is 78.8 Å². The third kappa shape index (κ3) is 1.64. The number of anilines is 1. The Kier molecular flexibility index (Phi) is 2.17. The van der Waals surface area contributed by atoms with Gasteiger partial charge < -0.3 is 4.90 Å². The van der Waals surface area contributed by atoms with Gasteiger partial charge in [0.15, 0.2) is 0 Å². The Balaban J connectivity index is 2.18. The molecule has 0 saturated carbocycles. The first-order valence-corrected chi connectivity index (χ1v) is 4.81. The van der Waals surface area contributed by atoms with Gasteiger partial charge in [0, 0.05) is 25.0 Å². The number of rotatable bonds is 1. The van der Waals surface area contributed by atoms with Crippen molar-refractivity contribution in [1.82, 2.24) is 9.97 Å². The molecule has 2 atom stereocenters. The minimum Gasteiger partial charge on any atom is -0.338 e. The second-order valence-electron chi connectivity index (χ2n) is 3.89. The summed E-state index contributed by atoms with van der Waals surface area (Å²) in [6, 6.07) is 2.44. The lowest BCUT2D eigenvalue weighted by Gasteiger charge is -2.20. The molecule has 0 N–H and O–H groups in total. The SMILES string of the molecule is CC1CC(C)N(c2ncccn2)C1. The summed E-state index contributed by atoms with van der Waals surface area (Å²) in [7, 11) is 0. The van der Waals surface area contributed by atoms with Gasteiger partial charge in [0.25, 0.3) is 0 Å². The molecule has 2 unspecified atom stereocenters. The van der Waals surface area contributed by atoms with Crippen LogP contribution < -0.4 is 4.90 Å². The van der Waals surface area contributed by atoms with Gasteiger partial charge in [0.1, 0.15) is 0 Å². The zero-order chi connectivity index (χ0) is 9.26. The van der Waals surface area contributed by atoms with E-state index in [2.05, 4.69) is 28.7 Å². The van der Waals surface area contributed by atoms with Crippen molar-refractivity contribution in [1.29, 1.82) is 0 Å². The van der Waals surface area contributed by atoms with Gasteiger partial charge in [-0.15, -0.1) is 0 Å². The second kappa shape index (κ2) is 3.32. The Bertz CT molecular complexity index is 273. The summed E-state index contributed by atoms with van der Waals surface area (Å²) >= 11 is 0. The van der Waals surface area contributed by atoms with E-state index in [4.69, 9.17) is 0 Å². The van der Waals surface area contributed by atoms with Crippen LogP contribution >= 0.6 is 0 Å². The third-order valence-electron chi connectivity index (χ3n) is 2.59. The quantitative estimate of drug-likeness (QED) is 0.654. The number of hydrogen-bond donors (Lipinski definition) is 0. The molecule has 13 heavy (non-hydrogen) atoms. The van der Waals surface area contributed by atoms with Gasteiger partial charge in [-0.3, -0.25) is 0 Å². The lowest BCUT2D eigenvalue weighted by Crippen LogP contribution is -2.28. The van der Waals surface area contributed by atoms with Crippen LogP contribution in [0.3, 0.4) is 0 Å². The summed E-state index contributed by atoms with van der Waals surface area (Å²) in [5.74, 6) is 1.64. The molecule has 1 aromatic rings. The molecule has 2 heterocycles. The molecule has 0 amide bonds. The Morgan fingerprint density at radius 1 is 1.31 bits per heavy atom. The van der Waals surface area contributed by atoms with Crippen LogP contribution in [0.15, 0.2) is 18.5 Å². The summed E-state index contributed by atoms with van der Waals surface area (Å²) in [6.45, 7) is 5.60. The zero-order valence-electron chi connectivity index (χ0n) is 8.14. The smallest absolute Gasteiger partial charge is 0.225 e.